The molecular weight excluding hydrogens is 356 g/mol. The molecule has 3 heterocycles. The van der Waals surface area contributed by atoms with Crippen molar-refractivity contribution in [3.05, 3.63) is 41.7 Å². The van der Waals surface area contributed by atoms with E-state index in [-0.39, 0.29) is 10.5 Å². The Balaban J connectivity index is 1.47. The lowest BCUT2D eigenvalue weighted by Crippen LogP contribution is -2.44. The first kappa shape index (κ1) is 17.7. The molecule has 2 aliphatic heterocycles. The van der Waals surface area contributed by atoms with Gasteiger partial charge in [-0.2, -0.15) is 0 Å². The highest BCUT2D eigenvalue weighted by atomic mass is 32.2. The number of aromatic nitrogens is 2. The lowest BCUT2D eigenvalue weighted by atomic mass is 9.89. The van der Waals surface area contributed by atoms with E-state index in [4.69, 9.17) is 4.74 Å². The van der Waals surface area contributed by atoms with Gasteiger partial charge in [-0.25, -0.2) is 18.7 Å². The zero-order valence-electron chi connectivity index (χ0n) is 14.7. The second-order valence-electron chi connectivity index (χ2n) is 6.89. The average molecular weight is 377 g/mol. The standard InChI is InChI=1S/C19H21F2N3OS/c1-13-18(26-15-5-2-4-14(20)17(15)21)22-12-16(23-13)24-9-7-19(8-10-24)6-3-11-25-19/h2,4-5,12H,3,6-11H2,1H3. The minimum Gasteiger partial charge on any atom is -0.375 e. The van der Waals surface area contributed by atoms with Crippen molar-refractivity contribution in [3.63, 3.8) is 0 Å². The molecule has 1 spiro atoms. The van der Waals surface area contributed by atoms with Gasteiger partial charge in [0.2, 0.25) is 0 Å². The van der Waals surface area contributed by atoms with Crippen molar-refractivity contribution in [2.45, 2.75) is 48.1 Å². The zero-order chi connectivity index (χ0) is 18.1. The molecule has 0 N–H and O–H groups in total. The van der Waals surface area contributed by atoms with Gasteiger partial charge in [-0.1, -0.05) is 17.8 Å². The van der Waals surface area contributed by atoms with Crippen LogP contribution in [-0.2, 0) is 4.74 Å². The van der Waals surface area contributed by atoms with Gasteiger partial charge in [0.1, 0.15) is 10.8 Å². The van der Waals surface area contributed by atoms with Crippen LogP contribution in [0.25, 0.3) is 0 Å². The van der Waals surface area contributed by atoms with Crippen molar-refractivity contribution in [2.75, 3.05) is 24.6 Å². The molecule has 2 aliphatic rings. The van der Waals surface area contributed by atoms with Crippen LogP contribution in [0.5, 0.6) is 0 Å². The van der Waals surface area contributed by atoms with E-state index in [1.807, 2.05) is 6.92 Å². The van der Waals surface area contributed by atoms with Gasteiger partial charge in [0, 0.05) is 19.7 Å². The third kappa shape index (κ3) is 3.42. The van der Waals surface area contributed by atoms with Gasteiger partial charge in [-0.15, -0.1) is 0 Å². The molecule has 0 amide bonds. The number of rotatable bonds is 3. The number of hydrogen-bond donors (Lipinski definition) is 0. The first-order chi connectivity index (χ1) is 12.6. The van der Waals surface area contributed by atoms with Gasteiger partial charge in [0.15, 0.2) is 11.6 Å². The van der Waals surface area contributed by atoms with Gasteiger partial charge >= 0.3 is 0 Å². The SMILES string of the molecule is Cc1nc(N2CCC3(CCCO3)CC2)cnc1Sc1cccc(F)c1F. The summed E-state index contributed by atoms with van der Waals surface area (Å²) >= 11 is 1.10. The molecule has 2 aromatic rings. The Hall–Kier alpha value is -1.73. The lowest BCUT2D eigenvalue weighted by Gasteiger charge is -2.39. The van der Waals surface area contributed by atoms with E-state index in [1.54, 1.807) is 12.3 Å². The van der Waals surface area contributed by atoms with Crippen LogP contribution in [-0.4, -0.2) is 35.3 Å². The molecule has 4 nitrogen and oxygen atoms in total. The molecule has 2 saturated heterocycles. The third-order valence-corrected chi connectivity index (χ3v) is 6.32. The molecule has 0 bridgehead atoms. The molecule has 0 radical (unpaired) electrons. The highest BCUT2D eigenvalue weighted by molar-refractivity contribution is 7.99. The van der Waals surface area contributed by atoms with Crippen LogP contribution in [0.15, 0.2) is 34.3 Å². The second-order valence-corrected chi connectivity index (χ2v) is 7.93. The van der Waals surface area contributed by atoms with Gasteiger partial charge in [0.25, 0.3) is 0 Å². The lowest BCUT2D eigenvalue weighted by molar-refractivity contribution is -0.0147. The molecular formula is C19H21F2N3OS. The van der Waals surface area contributed by atoms with Crippen molar-refractivity contribution in [3.8, 4) is 0 Å². The number of piperidine rings is 1. The number of ether oxygens (including phenoxy) is 1. The summed E-state index contributed by atoms with van der Waals surface area (Å²) in [4.78, 5) is 11.5. The Morgan fingerprint density at radius 1 is 1.19 bits per heavy atom. The van der Waals surface area contributed by atoms with Crippen LogP contribution in [0.2, 0.25) is 0 Å². The van der Waals surface area contributed by atoms with E-state index >= 15 is 0 Å². The first-order valence-corrected chi connectivity index (χ1v) is 9.72. The van der Waals surface area contributed by atoms with Crippen LogP contribution in [0.3, 0.4) is 0 Å². The summed E-state index contributed by atoms with van der Waals surface area (Å²) in [7, 11) is 0. The number of aryl methyl sites for hydroxylation is 1. The molecule has 4 rings (SSSR count). The average Bonchev–Trinajstić information content (AvgIpc) is 3.09. The maximum absolute atomic E-state index is 13.9. The minimum absolute atomic E-state index is 0.0731. The quantitative estimate of drug-likeness (QED) is 0.794. The minimum atomic E-state index is -0.853. The van der Waals surface area contributed by atoms with E-state index in [2.05, 4.69) is 14.9 Å². The van der Waals surface area contributed by atoms with E-state index < -0.39 is 11.6 Å². The predicted molar refractivity (Wildman–Crippen MR) is 96.6 cm³/mol. The van der Waals surface area contributed by atoms with Gasteiger partial charge in [-0.05, 0) is 44.7 Å². The van der Waals surface area contributed by atoms with Crippen LogP contribution in [0, 0.1) is 18.6 Å². The van der Waals surface area contributed by atoms with Crippen molar-refractivity contribution < 1.29 is 13.5 Å². The van der Waals surface area contributed by atoms with E-state index in [0.717, 1.165) is 69.0 Å². The summed E-state index contributed by atoms with van der Waals surface area (Å²) in [6.45, 7) is 4.53. The van der Waals surface area contributed by atoms with Crippen molar-refractivity contribution in [2.24, 2.45) is 0 Å². The first-order valence-electron chi connectivity index (χ1n) is 8.91. The van der Waals surface area contributed by atoms with Crippen LogP contribution in [0.4, 0.5) is 14.6 Å². The fourth-order valence-electron chi connectivity index (χ4n) is 3.67. The molecule has 0 atom stereocenters. The summed E-state index contributed by atoms with van der Waals surface area (Å²) in [5.41, 5.74) is 0.789. The number of anilines is 1. The van der Waals surface area contributed by atoms with Crippen LogP contribution < -0.4 is 4.90 Å². The summed E-state index contributed by atoms with van der Waals surface area (Å²) < 4.78 is 33.2. The molecule has 1 aromatic heterocycles. The molecule has 1 aromatic carbocycles. The fraction of sp³-hybridized carbons (Fsp3) is 0.474. The van der Waals surface area contributed by atoms with E-state index in [0.29, 0.717) is 10.7 Å². The summed E-state index contributed by atoms with van der Waals surface area (Å²) in [5, 5.41) is 0.589. The number of hydrogen-bond acceptors (Lipinski definition) is 5. The maximum Gasteiger partial charge on any atom is 0.172 e. The molecule has 0 aliphatic carbocycles. The number of nitrogens with zero attached hydrogens (tertiary/aromatic N) is 3. The van der Waals surface area contributed by atoms with Gasteiger partial charge in [-0.3, -0.25) is 0 Å². The zero-order valence-corrected chi connectivity index (χ0v) is 15.5. The topological polar surface area (TPSA) is 38.2 Å². The normalized spacial score (nSPS) is 19.3. The van der Waals surface area contributed by atoms with Crippen LogP contribution >= 0.6 is 11.8 Å². The van der Waals surface area contributed by atoms with E-state index in [1.165, 1.54) is 6.07 Å². The number of halogens is 2. The fourth-order valence-corrected chi connectivity index (χ4v) is 4.51. The Bertz CT molecular complexity index is 801. The number of benzene rings is 1. The Morgan fingerprint density at radius 3 is 2.69 bits per heavy atom. The van der Waals surface area contributed by atoms with Gasteiger partial charge in [0.05, 0.1) is 22.4 Å². The molecule has 2 fully saturated rings. The smallest absolute Gasteiger partial charge is 0.172 e. The molecule has 7 heteroatoms. The molecule has 0 saturated carbocycles. The summed E-state index contributed by atoms with van der Waals surface area (Å²) in [6, 6.07) is 4.15. The Labute approximate surface area is 156 Å². The van der Waals surface area contributed by atoms with Crippen molar-refractivity contribution in [1.29, 1.82) is 0 Å². The summed E-state index contributed by atoms with van der Waals surface area (Å²) in [5.74, 6) is -0.867. The largest absolute Gasteiger partial charge is 0.375 e. The Morgan fingerprint density at radius 2 is 2.00 bits per heavy atom. The highest BCUT2D eigenvalue weighted by Crippen LogP contribution is 2.37. The Kier molecular flexibility index (Phi) is 4.84. The molecule has 0 unspecified atom stereocenters. The van der Waals surface area contributed by atoms with Crippen molar-refractivity contribution in [1.82, 2.24) is 9.97 Å². The predicted octanol–water partition coefficient (Wildman–Crippen LogP) is 4.36. The van der Waals surface area contributed by atoms with Crippen molar-refractivity contribution >= 4 is 17.6 Å². The highest BCUT2D eigenvalue weighted by Gasteiger charge is 2.38. The van der Waals surface area contributed by atoms with E-state index in [9.17, 15) is 8.78 Å². The monoisotopic (exact) mass is 377 g/mol. The second kappa shape index (κ2) is 7.12. The summed E-state index contributed by atoms with van der Waals surface area (Å²) in [6.07, 6.45) is 6.05. The molecule has 138 valence electrons. The maximum atomic E-state index is 13.9. The molecule has 26 heavy (non-hydrogen) atoms. The third-order valence-electron chi connectivity index (χ3n) is 5.20. The van der Waals surface area contributed by atoms with Gasteiger partial charge < -0.3 is 9.64 Å². The van der Waals surface area contributed by atoms with Crippen LogP contribution in [0.1, 0.15) is 31.4 Å².